The zero-order valence-electron chi connectivity index (χ0n) is 13.0. The van der Waals surface area contributed by atoms with Crippen LogP contribution in [0.4, 0.5) is 13.2 Å². The summed E-state index contributed by atoms with van der Waals surface area (Å²) in [5, 5.41) is 2.75. The highest BCUT2D eigenvalue weighted by molar-refractivity contribution is 5.89. The molecule has 2 amide bonds. The van der Waals surface area contributed by atoms with Gasteiger partial charge in [-0.1, -0.05) is 12.1 Å². The highest BCUT2D eigenvalue weighted by atomic mass is 19.4. The van der Waals surface area contributed by atoms with Crippen LogP contribution in [0.2, 0.25) is 0 Å². The Hall–Kier alpha value is -2.05. The van der Waals surface area contributed by atoms with Crippen molar-refractivity contribution in [3.8, 4) is 0 Å². The fraction of sp³-hybridized carbons (Fsp3) is 0.500. The maximum Gasteiger partial charge on any atom is 0.416 e. The van der Waals surface area contributed by atoms with Gasteiger partial charge in [0.05, 0.1) is 11.5 Å². The van der Waals surface area contributed by atoms with Gasteiger partial charge in [0.15, 0.2) is 0 Å². The Morgan fingerprint density at radius 1 is 1.39 bits per heavy atom. The van der Waals surface area contributed by atoms with Gasteiger partial charge >= 0.3 is 6.18 Å². The van der Waals surface area contributed by atoms with Crippen molar-refractivity contribution in [2.45, 2.75) is 39.0 Å². The average molecular weight is 328 g/mol. The molecular formula is C16H19F3N2O2. The predicted molar refractivity (Wildman–Crippen MR) is 78.2 cm³/mol. The Kier molecular flexibility index (Phi) is 4.97. The maximum absolute atomic E-state index is 12.7. The average Bonchev–Trinajstić information content (AvgIpc) is 2.79. The lowest BCUT2D eigenvalue weighted by atomic mass is 10.1. The molecule has 1 aliphatic rings. The first kappa shape index (κ1) is 17.3. The highest BCUT2D eigenvalue weighted by Gasteiger charge is 2.35. The van der Waals surface area contributed by atoms with Gasteiger partial charge in [0, 0.05) is 25.6 Å². The molecule has 0 aliphatic carbocycles. The maximum atomic E-state index is 12.7. The summed E-state index contributed by atoms with van der Waals surface area (Å²) in [5.41, 5.74) is -0.339. The van der Waals surface area contributed by atoms with Crippen LogP contribution in [0, 0.1) is 5.92 Å². The van der Waals surface area contributed by atoms with Crippen LogP contribution in [0.25, 0.3) is 0 Å². The second kappa shape index (κ2) is 6.60. The fourth-order valence-electron chi connectivity index (χ4n) is 2.57. The molecule has 1 aromatic carbocycles. The summed E-state index contributed by atoms with van der Waals surface area (Å²) in [4.78, 5) is 25.4. The normalized spacial score (nSPS) is 18.6. The van der Waals surface area contributed by atoms with Gasteiger partial charge in [-0.25, -0.2) is 0 Å². The largest absolute Gasteiger partial charge is 0.416 e. The third-order valence-electron chi connectivity index (χ3n) is 3.64. The summed E-state index contributed by atoms with van der Waals surface area (Å²) in [5.74, 6) is -0.859. The number of nitrogens with zero attached hydrogens (tertiary/aromatic N) is 1. The molecule has 126 valence electrons. The van der Waals surface area contributed by atoms with Crippen molar-refractivity contribution in [2.24, 2.45) is 5.92 Å². The van der Waals surface area contributed by atoms with E-state index in [1.54, 1.807) is 6.07 Å². The van der Waals surface area contributed by atoms with Gasteiger partial charge in [0.1, 0.15) is 0 Å². The molecule has 1 N–H and O–H groups in total. The summed E-state index contributed by atoms with van der Waals surface area (Å²) in [6, 6.07) is 4.88. The molecule has 0 radical (unpaired) electrons. The first-order valence-corrected chi connectivity index (χ1v) is 7.41. The number of alkyl halides is 3. The number of rotatable bonds is 4. The summed E-state index contributed by atoms with van der Waals surface area (Å²) in [7, 11) is 0. The molecule has 0 aromatic heterocycles. The Labute approximate surface area is 132 Å². The molecule has 23 heavy (non-hydrogen) atoms. The van der Waals surface area contributed by atoms with Crippen LogP contribution >= 0.6 is 0 Å². The standard InChI is InChI=1S/C16H19F3N2O2/c1-10(2)20-15(23)12-7-14(22)21(9-12)8-11-4-3-5-13(6-11)16(17,18)19/h3-6,10,12H,7-9H2,1-2H3,(H,20,23)/t12-/m1/s1. The molecule has 1 atom stereocenters. The van der Waals surface area contributed by atoms with Crippen molar-refractivity contribution in [3.05, 3.63) is 35.4 Å². The molecule has 0 bridgehead atoms. The first-order chi connectivity index (χ1) is 10.7. The SMILES string of the molecule is CC(C)NC(=O)[C@@H]1CC(=O)N(Cc2cccc(C(F)(F)F)c2)C1. The molecule has 1 fully saturated rings. The van der Waals surface area contributed by atoms with Crippen LogP contribution in [-0.4, -0.2) is 29.3 Å². The van der Waals surface area contributed by atoms with Crippen molar-refractivity contribution in [1.29, 1.82) is 0 Å². The summed E-state index contributed by atoms with van der Waals surface area (Å²) >= 11 is 0. The van der Waals surface area contributed by atoms with Gasteiger partial charge in [-0.3, -0.25) is 9.59 Å². The van der Waals surface area contributed by atoms with E-state index < -0.39 is 17.7 Å². The molecule has 0 saturated carbocycles. The minimum atomic E-state index is -4.41. The van der Waals surface area contributed by atoms with Crippen molar-refractivity contribution in [2.75, 3.05) is 6.54 Å². The number of hydrogen-bond acceptors (Lipinski definition) is 2. The Bertz CT molecular complexity index is 599. The van der Waals surface area contributed by atoms with Crippen LogP contribution in [0.15, 0.2) is 24.3 Å². The Morgan fingerprint density at radius 3 is 2.70 bits per heavy atom. The smallest absolute Gasteiger partial charge is 0.354 e. The molecule has 1 heterocycles. The van der Waals surface area contributed by atoms with Crippen LogP contribution in [0.5, 0.6) is 0 Å². The summed E-state index contributed by atoms with van der Waals surface area (Å²) < 4.78 is 38.1. The lowest BCUT2D eigenvalue weighted by Gasteiger charge is -2.18. The molecule has 1 aromatic rings. The second-order valence-electron chi connectivity index (χ2n) is 6.04. The third-order valence-corrected chi connectivity index (χ3v) is 3.64. The van der Waals surface area contributed by atoms with E-state index in [-0.39, 0.29) is 37.4 Å². The first-order valence-electron chi connectivity index (χ1n) is 7.41. The molecule has 2 rings (SSSR count). The highest BCUT2D eigenvalue weighted by Crippen LogP contribution is 2.30. The monoisotopic (exact) mass is 328 g/mol. The lowest BCUT2D eigenvalue weighted by Crippen LogP contribution is -2.36. The summed E-state index contributed by atoms with van der Waals surface area (Å²) in [6.45, 7) is 3.96. The third kappa shape index (κ3) is 4.46. The second-order valence-corrected chi connectivity index (χ2v) is 6.04. The van der Waals surface area contributed by atoms with Crippen molar-refractivity contribution < 1.29 is 22.8 Å². The van der Waals surface area contributed by atoms with E-state index in [2.05, 4.69) is 5.32 Å². The van der Waals surface area contributed by atoms with Gasteiger partial charge in [-0.05, 0) is 31.5 Å². The lowest BCUT2D eigenvalue weighted by molar-refractivity contribution is -0.137. The van der Waals surface area contributed by atoms with Crippen LogP contribution in [0.1, 0.15) is 31.4 Å². The van der Waals surface area contributed by atoms with E-state index in [0.717, 1.165) is 12.1 Å². The van der Waals surface area contributed by atoms with Crippen molar-refractivity contribution in [1.82, 2.24) is 10.2 Å². The molecule has 0 spiro atoms. The van der Waals surface area contributed by atoms with E-state index in [4.69, 9.17) is 0 Å². The molecule has 0 unspecified atom stereocenters. The molecule has 7 heteroatoms. The van der Waals surface area contributed by atoms with Crippen molar-refractivity contribution in [3.63, 3.8) is 0 Å². The van der Waals surface area contributed by atoms with Crippen LogP contribution in [0.3, 0.4) is 0 Å². The number of carbonyl (C=O) groups excluding carboxylic acids is 2. The molecule has 4 nitrogen and oxygen atoms in total. The van der Waals surface area contributed by atoms with Gasteiger partial charge in [0.2, 0.25) is 11.8 Å². The van der Waals surface area contributed by atoms with Gasteiger partial charge < -0.3 is 10.2 Å². The van der Waals surface area contributed by atoms with Gasteiger partial charge in [-0.2, -0.15) is 13.2 Å². The molecule has 1 saturated heterocycles. The van der Waals surface area contributed by atoms with Crippen molar-refractivity contribution >= 4 is 11.8 Å². The Balaban J connectivity index is 2.04. The number of halogens is 3. The molecule has 1 aliphatic heterocycles. The number of carbonyl (C=O) groups is 2. The number of benzene rings is 1. The zero-order chi connectivity index (χ0) is 17.2. The van der Waals surface area contributed by atoms with E-state index in [9.17, 15) is 22.8 Å². The minimum Gasteiger partial charge on any atom is -0.354 e. The fourth-order valence-corrected chi connectivity index (χ4v) is 2.57. The van der Waals surface area contributed by atoms with Crippen LogP contribution in [-0.2, 0) is 22.3 Å². The predicted octanol–water partition coefficient (Wildman–Crippen LogP) is 2.58. The van der Waals surface area contributed by atoms with E-state index >= 15 is 0 Å². The number of nitrogens with one attached hydrogen (secondary N) is 1. The topological polar surface area (TPSA) is 49.4 Å². The van der Waals surface area contributed by atoms with E-state index in [0.29, 0.717) is 5.56 Å². The summed E-state index contributed by atoms with van der Waals surface area (Å²) in [6.07, 6.45) is -4.32. The van der Waals surface area contributed by atoms with Gasteiger partial charge in [0.25, 0.3) is 0 Å². The van der Waals surface area contributed by atoms with E-state index in [1.807, 2.05) is 13.8 Å². The van der Waals surface area contributed by atoms with E-state index in [1.165, 1.54) is 11.0 Å². The number of likely N-dealkylation sites (tertiary alicyclic amines) is 1. The Morgan fingerprint density at radius 2 is 2.09 bits per heavy atom. The van der Waals surface area contributed by atoms with Gasteiger partial charge in [-0.15, -0.1) is 0 Å². The number of amides is 2. The quantitative estimate of drug-likeness (QED) is 0.923. The number of hydrogen-bond donors (Lipinski definition) is 1. The molecular weight excluding hydrogens is 309 g/mol. The van der Waals surface area contributed by atoms with Crippen LogP contribution < -0.4 is 5.32 Å². The minimum absolute atomic E-state index is 0.0184. The zero-order valence-corrected chi connectivity index (χ0v) is 13.0.